The smallest absolute Gasteiger partial charge is 0.312 e. The standard InChI is InChI=1S/C12H9ClN2O5S/c13-8-2-1-3-9(6-8)14-21(19,20)10-4-5-12(16)11(7-10)15(17)18/h1-7,14,16H. The van der Waals surface area contributed by atoms with Gasteiger partial charge in [0.1, 0.15) is 0 Å². The van der Waals surface area contributed by atoms with Crippen molar-refractivity contribution in [1.29, 1.82) is 0 Å². The minimum atomic E-state index is -4.03. The summed E-state index contributed by atoms with van der Waals surface area (Å²) in [6.07, 6.45) is 0. The third kappa shape index (κ3) is 3.41. The highest BCUT2D eigenvalue weighted by atomic mass is 35.5. The summed E-state index contributed by atoms with van der Waals surface area (Å²) in [7, 11) is -4.03. The maximum Gasteiger partial charge on any atom is 0.312 e. The first-order chi connectivity index (χ1) is 9.79. The number of phenolic OH excluding ortho intramolecular Hbond substituents is 1. The highest BCUT2D eigenvalue weighted by molar-refractivity contribution is 7.92. The number of sulfonamides is 1. The third-order valence-electron chi connectivity index (χ3n) is 2.53. The highest BCUT2D eigenvalue weighted by Crippen LogP contribution is 2.29. The zero-order chi connectivity index (χ0) is 15.6. The molecular weight excluding hydrogens is 320 g/mol. The summed E-state index contributed by atoms with van der Waals surface area (Å²) in [6.45, 7) is 0. The first kappa shape index (κ1) is 15.1. The summed E-state index contributed by atoms with van der Waals surface area (Å²) >= 11 is 5.75. The summed E-state index contributed by atoms with van der Waals surface area (Å²) in [4.78, 5) is 9.51. The Morgan fingerprint density at radius 3 is 2.52 bits per heavy atom. The first-order valence-electron chi connectivity index (χ1n) is 5.55. The van der Waals surface area contributed by atoms with Crippen LogP contribution in [0.1, 0.15) is 0 Å². The van der Waals surface area contributed by atoms with Crippen molar-refractivity contribution in [3.05, 3.63) is 57.6 Å². The predicted octanol–water partition coefficient (Wildman–Crippen LogP) is 2.75. The van der Waals surface area contributed by atoms with Gasteiger partial charge in [-0.15, -0.1) is 0 Å². The Kier molecular flexibility index (Phi) is 4.01. The Balaban J connectivity index is 2.40. The number of aromatic hydroxyl groups is 1. The number of hydrogen-bond donors (Lipinski definition) is 2. The molecule has 0 aliphatic carbocycles. The number of rotatable bonds is 4. The van der Waals surface area contributed by atoms with Gasteiger partial charge in [-0.2, -0.15) is 0 Å². The molecule has 0 radical (unpaired) electrons. The van der Waals surface area contributed by atoms with Gasteiger partial charge in [0.2, 0.25) is 0 Å². The molecule has 0 saturated heterocycles. The molecule has 2 N–H and O–H groups in total. The molecule has 0 amide bonds. The van der Waals surface area contributed by atoms with Gasteiger partial charge in [0, 0.05) is 11.1 Å². The summed E-state index contributed by atoms with van der Waals surface area (Å²) in [5, 5.41) is 20.4. The maximum absolute atomic E-state index is 12.1. The van der Waals surface area contributed by atoms with Gasteiger partial charge in [-0.1, -0.05) is 17.7 Å². The number of benzene rings is 2. The lowest BCUT2D eigenvalue weighted by Crippen LogP contribution is -2.13. The van der Waals surface area contributed by atoms with E-state index in [0.717, 1.165) is 18.2 Å². The molecule has 0 aromatic heterocycles. The van der Waals surface area contributed by atoms with Crippen LogP contribution in [0.25, 0.3) is 0 Å². The Bertz CT molecular complexity index is 807. The second-order valence-electron chi connectivity index (χ2n) is 4.02. The molecule has 9 heteroatoms. The summed E-state index contributed by atoms with van der Waals surface area (Å²) < 4.78 is 26.5. The molecule has 7 nitrogen and oxygen atoms in total. The number of nitro groups is 1. The largest absolute Gasteiger partial charge is 0.502 e. The number of nitrogens with one attached hydrogen (secondary N) is 1. The van der Waals surface area contributed by atoms with Gasteiger partial charge < -0.3 is 5.11 Å². The van der Waals surface area contributed by atoms with Crippen LogP contribution < -0.4 is 4.72 Å². The minimum absolute atomic E-state index is 0.221. The fourth-order valence-electron chi connectivity index (χ4n) is 1.58. The van der Waals surface area contributed by atoms with Gasteiger partial charge in [-0.05, 0) is 30.3 Å². The van der Waals surface area contributed by atoms with Crippen LogP contribution in [0.4, 0.5) is 11.4 Å². The fourth-order valence-corrected chi connectivity index (χ4v) is 2.84. The van der Waals surface area contributed by atoms with Gasteiger partial charge in [-0.3, -0.25) is 14.8 Å². The van der Waals surface area contributed by atoms with Gasteiger partial charge >= 0.3 is 5.69 Å². The van der Waals surface area contributed by atoms with Gasteiger partial charge in [-0.25, -0.2) is 8.42 Å². The zero-order valence-electron chi connectivity index (χ0n) is 10.4. The second-order valence-corrected chi connectivity index (χ2v) is 6.14. The average Bonchev–Trinajstić information content (AvgIpc) is 2.38. The highest BCUT2D eigenvalue weighted by Gasteiger charge is 2.21. The summed E-state index contributed by atoms with van der Waals surface area (Å²) in [5.74, 6) is -0.610. The van der Waals surface area contributed by atoms with E-state index in [2.05, 4.69) is 4.72 Å². The molecule has 2 aromatic carbocycles. The lowest BCUT2D eigenvalue weighted by Gasteiger charge is -2.08. The van der Waals surface area contributed by atoms with Crippen molar-refractivity contribution in [2.24, 2.45) is 0 Å². The fraction of sp³-hybridized carbons (Fsp3) is 0. The minimum Gasteiger partial charge on any atom is -0.502 e. The number of halogens is 1. The van der Waals surface area contributed by atoms with Crippen LogP contribution in [0.5, 0.6) is 5.75 Å². The van der Waals surface area contributed by atoms with E-state index >= 15 is 0 Å². The molecule has 0 spiro atoms. The maximum atomic E-state index is 12.1. The number of hydrogen-bond acceptors (Lipinski definition) is 5. The van der Waals surface area contributed by atoms with Crippen molar-refractivity contribution < 1.29 is 18.4 Å². The van der Waals surface area contributed by atoms with E-state index in [1.165, 1.54) is 12.1 Å². The van der Waals surface area contributed by atoms with Crippen molar-refractivity contribution >= 4 is 33.0 Å². The molecule has 21 heavy (non-hydrogen) atoms. The molecule has 0 fully saturated rings. The van der Waals surface area contributed by atoms with E-state index in [1.54, 1.807) is 12.1 Å². The topological polar surface area (TPSA) is 110 Å². The zero-order valence-corrected chi connectivity index (χ0v) is 11.9. The van der Waals surface area contributed by atoms with Crippen molar-refractivity contribution in [1.82, 2.24) is 0 Å². The molecule has 0 atom stereocenters. The summed E-state index contributed by atoms with van der Waals surface area (Å²) in [5.41, 5.74) is -0.470. The monoisotopic (exact) mass is 328 g/mol. The Hall–Kier alpha value is -2.32. The third-order valence-corrected chi connectivity index (χ3v) is 4.14. The number of nitro benzene ring substituents is 1. The number of phenols is 1. The van der Waals surface area contributed by atoms with Crippen LogP contribution in [-0.2, 0) is 10.0 Å². The van der Waals surface area contributed by atoms with E-state index in [-0.39, 0.29) is 10.6 Å². The Morgan fingerprint density at radius 2 is 1.90 bits per heavy atom. The number of anilines is 1. The molecule has 110 valence electrons. The van der Waals surface area contributed by atoms with Crippen LogP contribution in [0.3, 0.4) is 0 Å². The number of nitrogens with zero attached hydrogens (tertiary/aromatic N) is 1. The molecule has 2 aromatic rings. The van der Waals surface area contributed by atoms with Gasteiger partial charge in [0.25, 0.3) is 10.0 Å². The Morgan fingerprint density at radius 1 is 1.19 bits per heavy atom. The van der Waals surface area contributed by atoms with Gasteiger partial charge in [0.05, 0.1) is 15.5 Å². The van der Waals surface area contributed by atoms with Crippen LogP contribution in [0.2, 0.25) is 5.02 Å². The molecule has 0 unspecified atom stereocenters. The molecule has 0 aliphatic rings. The Labute approximate surface area is 125 Å². The van der Waals surface area contributed by atoms with E-state index in [9.17, 15) is 23.6 Å². The normalized spacial score (nSPS) is 11.1. The molecular formula is C12H9ClN2O5S. The lowest BCUT2D eigenvalue weighted by atomic mass is 10.3. The SMILES string of the molecule is O=[N+]([O-])c1cc(S(=O)(=O)Nc2cccc(Cl)c2)ccc1O. The van der Waals surface area contributed by atoms with Crippen LogP contribution in [0, 0.1) is 10.1 Å². The van der Waals surface area contributed by atoms with E-state index in [4.69, 9.17) is 11.6 Å². The second kappa shape index (κ2) is 5.58. The molecule has 0 heterocycles. The quantitative estimate of drug-likeness (QED) is 0.662. The predicted molar refractivity (Wildman–Crippen MR) is 77.0 cm³/mol. The molecule has 0 bridgehead atoms. The van der Waals surface area contributed by atoms with E-state index < -0.39 is 26.4 Å². The van der Waals surface area contributed by atoms with Crippen LogP contribution in [-0.4, -0.2) is 18.4 Å². The molecule has 2 rings (SSSR count). The molecule has 0 saturated carbocycles. The van der Waals surface area contributed by atoms with Crippen molar-refractivity contribution in [2.75, 3.05) is 4.72 Å². The van der Waals surface area contributed by atoms with Crippen molar-refractivity contribution in [3.63, 3.8) is 0 Å². The van der Waals surface area contributed by atoms with E-state index in [0.29, 0.717) is 5.02 Å². The van der Waals surface area contributed by atoms with Crippen molar-refractivity contribution in [2.45, 2.75) is 4.90 Å². The lowest BCUT2D eigenvalue weighted by molar-refractivity contribution is -0.386. The summed E-state index contributed by atoms with van der Waals surface area (Å²) in [6, 6.07) is 8.80. The van der Waals surface area contributed by atoms with Crippen molar-refractivity contribution in [3.8, 4) is 5.75 Å². The van der Waals surface area contributed by atoms with Crippen LogP contribution in [0.15, 0.2) is 47.4 Å². The molecule has 0 aliphatic heterocycles. The van der Waals surface area contributed by atoms with Crippen LogP contribution >= 0.6 is 11.6 Å². The van der Waals surface area contributed by atoms with E-state index in [1.807, 2.05) is 0 Å². The van der Waals surface area contributed by atoms with Gasteiger partial charge in [0.15, 0.2) is 5.75 Å². The first-order valence-corrected chi connectivity index (χ1v) is 7.41. The average molecular weight is 329 g/mol.